The Bertz CT molecular complexity index is 892. The Morgan fingerprint density at radius 3 is 2.41 bits per heavy atom. The van der Waals surface area contributed by atoms with Gasteiger partial charge in [-0.05, 0) is 49.1 Å². The quantitative estimate of drug-likeness (QED) is 0.667. The molecule has 0 aliphatic carbocycles. The van der Waals surface area contributed by atoms with Crippen LogP contribution in [0.2, 0.25) is 0 Å². The number of rotatable bonds is 7. The lowest BCUT2D eigenvalue weighted by Gasteiger charge is -2.09. The Kier molecular flexibility index (Phi) is 6.15. The van der Waals surface area contributed by atoms with Crippen LogP contribution in [0.25, 0.3) is 0 Å². The van der Waals surface area contributed by atoms with Gasteiger partial charge in [-0.15, -0.1) is 0 Å². The molecule has 0 bridgehead atoms. The lowest BCUT2D eigenvalue weighted by atomic mass is 10.1. The van der Waals surface area contributed by atoms with Gasteiger partial charge in [-0.2, -0.15) is 0 Å². The molecule has 5 heteroatoms. The molecule has 1 heterocycles. The normalized spacial score (nSPS) is 10.4. The van der Waals surface area contributed by atoms with Crippen molar-refractivity contribution in [3.63, 3.8) is 0 Å². The average molecular weight is 360 g/mol. The number of carbonyl (C=O) groups excluding carboxylic acids is 1. The van der Waals surface area contributed by atoms with Crippen LogP contribution in [0.1, 0.15) is 34.2 Å². The first-order valence-electron chi connectivity index (χ1n) is 9.18. The highest BCUT2D eigenvalue weighted by Gasteiger charge is 2.10. The van der Waals surface area contributed by atoms with Gasteiger partial charge in [0.25, 0.3) is 5.91 Å². The number of anilines is 2. The van der Waals surface area contributed by atoms with E-state index in [0.717, 1.165) is 24.2 Å². The van der Waals surface area contributed by atoms with Crippen LogP contribution in [0.5, 0.6) is 0 Å². The molecule has 1 aromatic heterocycles. The third kappa shape index (κ3) is 5.38. The van der Waals surface area contributed by atoms with Crippen LogP contribution < -0.4 is 10.6 Å². The molecule has 0 fully saturated rings. The van der Waals surface area contributed by atoms with E-state index in [1.807, 2.05) is 49.4 Å². The van der Waals surface area contributed by atoms with Crippen LogP contribution in [0.4, 0.5) is 11.6 Å². The molecule has 0 atom stereocenters. The van der Waals surface area contributed by atoms with E-state index in [0.29, 0.717) is 18.2 Å². The Morgan fingerprint density at radius 2 is 1.70 bits per heavy atom. The van der Waals surface area contributed by atoms with Crippen LogP contribution in [0, 0.1) is 6.92 Å². The lowest BCUT2D eigenvalue weighted by molar-refractivity contribution is 0.0949. The minimum atomic E-state index is -0.194. The second-order valence-electron chi connectivity index (χ2n) is 6.39. The number of aromatic nitrogens is 2. The van der Waals surface area contributed by atoms with Gasteiger partial charge < -0.3 is 10.6 Å². The summed E-state index contributed by atoms with van der Waals surface area (Å²) in [6, 6.07) is 19.9. The van der Waals surface area contributed by atoms with Gasteiger partial charge >= 0.3 is 0 Å². The van der Waals surface area contributed by atoms with Gasteiger partial charge in [0.15, 0.2) is 0 Å². The van der Waals surface area contributed by atoms with Crippen LogP contribution in [0.15, 0.2) is 60.7 Å². The number of amides is 1. The maximum atomic E-state index is 12.4. The topological polar surface area (TPSA) is 66.9 Å². The van der Waals surface area contributed by atoms with Gasteiger partial charge in [0.05, 0.1) is 0 Å². The third-order valence-corrected chi connectivity index (χ3v) is 4.25. The zero-order chi connectivity index (χ0) is 19.1. The fourth-order valence-electron chi connectivity index (χ4n) is 2.75. The highest BCUT2D eigenvalue weighted by atomic mass is 16.1. The molecule has 2 N–H and O–H groups in total. The number of benzene rings is 2. The van der Waals surface area contributed by atoms with E-state index in [4.69, 9.17) is 0 Å². The van der Waals surface area contributed by atoms with Gasteiger partial charge in [-0.1, -0.05) is 49.4 Å². The molecule has 5 nitrogen and oxygen atoms in total. The van der Waals surface area contributed by atoms with Crippen LogP contribution in [0.3, 0.4) is 0 Å². The summed E-state index contributed by atoms with van der Waals surface area (Å²) in [6.07, 6.45) is 1.78. The van der Waals surface area contributed by atoms with Crippen molar-refractivity contribution in [2.45, 2.75) is 26.7 Å². The molecule has 0 radical (unpaired) electrons. The van der Waals surface area contributed by atoms with E-state index in [1.54, 1.807) is 6.07 Å². The van der Waals surface area contributed by atoms with Gasteiger partial charge in [0, 0.05) is 17.9 Å². The monoisotopic (exact) mass is 360 g/mol. The number of carbonyl (C=O) groups is 1. The van der Waals surface area contributed by atoms with Gasteiger partial charge in [0.1, 0.15) is 5.69 Å². The minimum Gasteiger partial charge on any atom is -0.350 e. The van der Waals surface area contributed by atoms with Crippen molar-refractivity contribution in [2.24, 2.45) is 0 Å². The Balaban J connectivity index is 1.63. The van der Waals surface area contributed by atoms with Crippen molar-refractivity contribution in [3.8, 4) is 0 Å². The first-order chi connectivity index (χ1) is 13.1. The number of nitrogens with zero attached hydrogens (tertiary/aromatic N) is 2. The standard InChI is InChI=1S/C22H24N4O/c1-3-17-9-11-19(12-10-17)25-22-24-16(2)15-20(26-22)21(27)23-14-13-18-7-5-4-6-8-18/h4-12,15H,3,13-14H2,1-2H3,(H,23,27)(H,24,25,26). The number of nitrogens with one attached hydrogen (secondary N) is 2. The minimum absolute atomic E-state index is 0.194. The van der Waals surface area contributed by atoms with Crippen molar-refractivity contribution in [1.82, 2.24) is 15.3 Å². The first kappa shape index (κ1) is 18.6. The molecule has 138 valence electrons. The Morgan fingerprint density at radius 1 is 0.963 bits per heavy atom. The summed E-state index contributed by atoms with van der Waals surface area (Å²) in [5.41, 5.74) is 4.46. The molecular weight excluding hydrogens is 336 g/mol. The number of hydrogen-bond acceptors (Lipinski definition) is 4. The summed E-state index contributed by atoms with van der Waals surface area (Å²) >= 11 is 0. The molecule has 27 heavy (non-hydrogen) atoms. The summed E-state index contributed by atoms with van der Waals surface area (Å²) < 4.78 is 0. The molecule has 0 aliphatic rings. The molecule has 0 spiro atoms. The van der Waals surface area contributed by atoms with Crippen molar-refractivity contribution in [2.75, 3.05) is 11.9 Å². The largest absolute Gasteiger partial charge is 0.350 e. The lowest BCUT2D eigenvalue weighted by Crippen LogP contribution is -2.27. The SMILES string of the molecule is CCc1ccc(Nc2nc(C)cc(C(=O)NCCc3ccccc3)n2)cc1. The van der Waals surface area contributed by atoms with Gasteiger partial charge in [-0.25, -0.2) is 9.97 Å². The number of hydrogen-bond donors (Lipinski definition) is 2. The number of aryl methyl sites for hydroxylation is 2. The van der Waals surface area contributed by atoms with Crippen molar-refractivity contribution in [1.29, 1.82) is 0 Å². The summed E-state index contributed by atoms with van der Waals surface area (Å²) in [4.78, 5) is 21.2. The van der Waals surface area contributed by atoms with Crippen LogP contribution >= 0.6 is 0 Å². The highest BCUT2D eigenvalue weighted by molar-refractivity contribution is 5.92. The van der Waals surface area contributed by atoms with E-state index >= 15 is 0 Å². The zero-order valence-electron chi connectivity index (χ0n) is 15.7. The fraction of sp³-hybridized carbons (Fsp3) is 0.227. The average Bonchev–Trinajstić information content (AvgIpc) is 2.69. The van der Waals surface area contributed by atoms with Crippen molar-refractivity contribution in [3.05, 3.63) is 83.2 Å². The molecule has 3 aromatic rings. The van der Waals surface area contributed by atoms with Crippen molar-refractivity contribution >= 4 is 17.5 Å². The molecule has 0 aliphatic heterocycles. The predicted molar refractivity (Wildman–Crippen MR) is 108 cm³/mol. The molecule has 0 saturated carbocycles. The fourth-order valence-corrected chi connectivity index (χ4v) is 2.75. The summed E-state index contributed by atoms with van der Waals surface area (Å²) in [7, 11) is 0. The van der Waals surface area contributed by atoms with Gasteiger partial charge in [-0.3, -0.25) is 4.79 Å². The maximum Gasteiger partial charge on any atom is 0.270 e. The second-order valence-corrected chi connectivity index (χ2v) is 6.39. The van der Waals surface area contributed by atoms with Gasteiger partial charge in [0.2, 0.25) is 5.95 Å². The summed E-state index contributed by atoms with van der Waals surface area (Å²) in [6.45, 7) is 4.54. The molecule has 0 unspecified atom stereocenters. The molecule has 0 saturated heterocycles. The summed E-state index contributed by atoms with van der Waals surface area (Å²) in [5.74, 6) is 0.230. The molecule has 1 amide bonds. The first-order valence-corrected chi connectivity index (χ1v) is 9.18. The second kappa shape index (κ2) is 8.94. The van der Waals surface area contributed by atoms with E-state index in [2.05, 4.69) is 39.7 Å². The molecule has 3 rings (SSSR count). The van der Waals surface area contributed by atoms with Crippen LogP contribution in [-0.4, -0.2) is 22.4 Å². The molecule has 2 aromatic carbocycles. The smallest absolute Gasteiger partial charge is 0.270 e. The summed E-state index contributed by atoms with van der Waals surface area (Å²) in [5, 5.41) is 6.09. The van der Waals surface area contributed by atoms with E-state index in [-0.39, 0.29) is 5.91 Å². The highest BCUT2D eigenvalue weighted by Crippen LogP contribution is 2.15. The zero-order valence-corrected chi connectivity index (χ0v) is 15.7. The predicted octanol–water partition coefficient (Wildman–Crippen LogP) is 4.06. The Hall–Kier alpha value is -3.21. The van der Waals surface area contributed by atoms with E-state index < -0.39 is 0 Å². The molecular formula is C22H24N4O. The third-order valence-electron chi connectivity index (χ3n) is 4.25. The van der Waals surface area contributed by atoms with Crippen molar-refractivity contribution < 1.29 is 4.79 Å². The Labute approximate surface area is 159 Å². The van der Waals surface area contributed by atoms with Crippen LogP contribution in [-0.2, 0) is 12.8 Å². The van der Waals surface area contributed by atoms with E-state index in [9.17, 15) is 4.79 Å². The van der Waals surface area contributed by atoms with E-state index in [1.165, 1.54) is 11.1 Å². The maximum absolute atomic E-state index is 12.4.